The van der Waals surface area contributed by atoms with Gasteiger partial charge in [0, 0.05) is 6.54 Å². The lowest BCUT2D eigenvalue weighted by molar-refractivity contribution is -0.132. The average Bonchev–Trinajstić information content (AvgIpc) is 2.30. The molecule has 0 atom stereocenters. The summed E-state index contributed by atoms with van der Waals surface area (Å²) in [6, 6.07) is 9.58. The Labute approximate surface area is 103 Å². The van der Waals surface area contributed by atoms with E-state index in [2.05, 4.69) is 0 Å². The average molecular weight is 235 g/mol. The second-order valence-electron chi connectivity index (χ2n) is 3.67. The Kier molecular flexibility index (Phi) is 7.68. The van der Waals surface area contributed by atoms with E-state index < -0.39 is 0 Å². The van der Waals surface area contributed by atoms with Crippen molar-refractivity contribution >= 4 is 12.2 Å². The number of hydrogen-bond donors (Lipinski definition) is 0. The maximum atomic E-state index is 11.9. The van der Waals surface area contributed by atoms with Gasteiger partial charge in [-0.3, -0.25) is 4.79 Å². The predicted molar refractivity (Wildman–Crippen MR) is 69.8 cm³/mol. The third kappa shape index (κ3) is 5.29. The maximum Gasteiger partial charge on any atom is 0.227 e. The molecular formula is C14H21NO2. The smallest absolute Gasteiger partial charge is 0.227 e. The Bertz CT molecular complexity index is 335. The summed E-state index contributed by atoms with van der Waals surface area (Å²) in [5.74, 6) is 0.0140. The molecule has 0 radical (unpaired) electrons. The van der Waals surface area contributed by atoms with Crippen molar-refractivity contribution in [2.45, 2.75) is 27.2 Å². The van der Waals surface area contributed by atoms with E-state index in [9.17, 15) is 9.59 Å². The molecule has 0 saturated heterocycles. The molecule has 1 aromatic rings. The van der Waals surface area contributed by atoms with Crippen LogP contribution in [-0.4, -0.2) is 30.2 Å². The highest BCUT2D eigenvalue weighted by Crippen LogP contribution is 2.03. The normalized spacial score (nSPS) is 9.24. The summed E-state index contributed by atoms with van der Waals surface area (Å²) in [5.41, 5.74) is 0.986. The monoisotopic (exact) mass is 235 g/mol. The van der Waals surface area contributed by atoms with E-state index in [-0.39, 0.29) is 19.9 Å². The number of carbonyl (C=O) groups excluding carboxylic acids is 2. The number of nitrogens with zero attached hydrogens (tertiary/aromatic N) is 1. The quantitative estimate of drug-likeness (QED) is 0.709. The van der Waals surface area contributed by atoms with Crippen LogP contribution in [0.3, 0.4) is 0 Å². The molecule has 0 aromatic heterocycles. The fraction of sp³-hybridized carbons (Fsp3) is 0.429. The van der Waals surface area contributed by atoms with Crippen LogP contribution >= 0.6 is 0 Å². The van der Waals surface area contributed by atoms with E-state index in [0.717, 1.165) is 18.3 Å². The molecule has 0 heterocycles. The zero-order valence-electron chi connectivity index (χ0n) is 9.56. The molecule has 0 aliphatic rings. The summed E-state index contributed by atoms with van der Waals surface area (Å²) in [5, 5.41) is 0. The molecule has 0 saturated carbocycles. The molecule has 17 heavy (non-hydrogen) atoms. The first-order valence-corrected chi connectivity index (χ1v) is 5.53. The van der Waals surface area contributed by atoms with Gasteiger partial charge >= 0.3 is 0 Å². The lowest BCUT2D eigenvalue weighted by Gasteiger charge is -2.19. The minimum atomic E-state index is 0. The summed E-state index contributed by atoms with van der Waals surface area (Å²) < 4.78 is 0. The van der Waals surface area contributed by atoms with Crippen molar-refractivity contribution in [2.75, 3.05) is 13.1 Å². The topological polar surface area (TPSA) is 37.4 Å². The Hall–Kier alpha value is -1.64. The zero-order chi connectivity index (χ0) is 11.8. The van der Waals surface area contributed by atoms with E-state index in [1.165, 1.54) is 0 Å². The van der Waals surface area contributed by atoms with Crippen molar-refractivity contribution < 1.29 is 9.59 Å². The van der Waals surface area contributed by atoms with Crippen molar-refractivity contribution in [1.82, 2.24) is 4.90 Å². The van der Waals surface area contributed by atoms with Gasteiger partial charge in [0.05, 0.1) is 13.0 Å². The van der Waals surface area contributed by atoms with Gasteiger partial charge in [0.2, 0.25) is 5.91 Å². The molecule has 1 amide bonds. The number of benzene rings is 1. The van der Waals surface area contributed by atoms with Gasteiger partial charge in [-0.25, -0.2) is 0 Å². The predicted octanol–water partition coefficient (Wildman–Crippen LogP) is 2.30. The molecule has 1 rings (SSSR count). The zero-order valence-corrected chi connectivity index (χ0v) is 9.56. The third-order valence-electron chi connectivity index (χ3n) is 2.34. The summed E-state index contributed by atoms with van der Waals surface area (Å²) >= 11 is 0. The van der Waals surface area contributed by atoms with Crippen molar-refractivity contribution in [3.05, 3.63) is 35.9 Å². The Balaban J connectivity index is 0.00000256. The first-order valence-electron chi connectivity index (χ1n) is 5.53. The highest BCUT2D eigenvalue weighted by molar-refractivity contribution is 5.80. The molecule has 0 spiro atoms. The molecule has 0 N–H and O–H groups in total. The fourth-order valence-electron chi connectivity index (χ4n) is 1.56. The van der Waals surface area contributed by atoms with Crippen LogP contribution in [0.15, 0.2) is 30.3 Å². The van der Waals surface area contributed by atoms with Gasteiger partial charge in [-0.2, -0.15) is 0 Å². The van der Waals surface area contributed by atoms with E-state index in [0.29, 0.717) is 13.0 Å². The van der Waals surface area contributed by atoms with Gasteiger partial charge < -0.3 is 9.69 Å². The van der Waals surface area contributed by atoms with Crippen LogP contribution in [0, 0.1) is 0 Å². The maximum absolute atomic E-state index is 11.9. The Morgan fingerprint density at radius 2 is 1.94 bits per heavy atom. The van der Waals surface area contributed by atoms with Gasteiger partial charge in [-0.1, -0.05) is 44.7 Å². The van der Waals surface area contributed by atoms with E-state index in [1.807, 2.05) is 37.3 Å². The Morgan fingerprint density at radius 3 is 2.47 bits per heavy atom. The van der Waals surface area contributed by atoms with Crippen LogP contribution in [0.4, 0.5) is 0 Å². The number of carbonyl (C=O) groups is 2. The number of rotatable bonds is 6. The van der Waals surface area contributed by atoms with E-state index in [1.54, 1.807) is 4.90 Å². The number of aldehydes is 1. The number of hydrogen-bond acceptors (Lipinski definition) is 2. The summed E-state index contributed by atoms with van der Waals surface area (Å²) in [6.45, 7) is 2.83. The first-order chi connectivity index (χ1) is 7.77. The summed E-state index contributed by atoms with van der Waals surface area (Å²) in [7, 11) is 0. The van der Waals surface area contributed by atoms with Crippen LogP contribution in [-0.2, 0) is 16.0 Å². The first kappa shape index (κ1) is 15.4. The second kappa shape index (κ2) is 8.50. The molecule has 94 valence electrons. The Morgan fingerprint density at radius 1 is 1.29 bits per heavy atom. The molecule has 1 aromatic carbocycles. The van der Waals surface area contributed by atoms with Crippen LogP contribution in [0.2, 0.25) is 0 Å². The highest BCUT2D eigenvalue weighted by Gasteiger charge is 2.11. The van der Waals surface area contributed by atoms with Crippen LogP contribution in [0.5, 0.6) is 0 Å². The number of amides is 1. The lowest BCUT2D eigenvalue weighted by Crippen LogP contribution is -2.34. The van der Waals surface area contributed by atoms with E-state index >= 15 is 0 Å². The van der Waals surface area contributed by atoms with Gasteiger partial charge in [0.1, 0.15) is 6.29 Å². The van der Waals surface area contributed by atoms with Crippen molar-refractivity contribution in [1.29, 1.82) is 0 Å². The van der Waals surface area contributed by atoms with Gasteiger partial charge in [-0.05, 0) is 12.0 Å². The molecular weight excluding hydrogens is 214 g/mol. The minimum absolute atomic E-state index is 0. The largest absolute Gasteiger partial charge is 0.335 e. The molecule has 3 nitrogen and oxygen atoms in total. The second-order valence-corrected chi connectivity index (χ2v) is 3.67. The molecule has 0 aliphatic carbocycles. The van der Waals surface area contributed by atoms with Crippen LogP contribution < -0.4 is 0 Å². The van der Waals surface area contributed by atoms with Crippen LogP contribution in [0.25, 0.3) is 0 Å². The van der Waals surface area contributed by atoms with E-state index in [4.69, 9.17) is 0 Å². The molecule has 0 aliphatic heterocycles. The minimum Gasteiger partial charge on any atom is -0.335 e. The van der Waals surface area contributed by atoms with Crippen molar-refractivity contribution in [3.63, 3.8) is 0 Å². The molecule has 0 fully saturated rings. The molecule has 0 bridgehead atoms. The molecule has 3 heteroatoms. The van der Waals surface area contributed by atoms with Crippen molar-refractivity contribution in [3.8, 4) is 0 Å². The summed E-state index contributed by atoms with van der Waals surface area (Å²) in [6.07, 6.45) is 2.02. The van der Waals surface area contributed by atoms with Crippen LogP contribution in [0.1, 0.15) is 26.3 Å². The van der Waals surface area contributed by atoms with Gasteiger partial charge in [-0.15, -0.1) is 0 Å². The van der Waals surface area contributed by atoms with Crippen molar-refractivity contribution in [2.24, 2.45) is 0 Å². The lowest BCUT2D eigenvalue weighted by atomic mass is 10.1. The fourth-order valence-corrected chi connectivity index (χ4v) is 1.56. The molecule has 0 unspecified atom stereocenters. The van der Waals surface area contributed by atoms with Gasteiger partial charge in [0.15, 0.2) is 0 Å². The SMILES string of the molecule is C.CCCN(CC=O)C(=O)Cc1ccccc1. The van der Waals surface area contributed by atoms with Gasteiger partial charge in [0.25, 0.3) is 0 Å². The summed E-state index contributed by atoms with van der Waals surface area (Å²) in [4.78, 5) is 23.9. The standard InChI is InChI=1S/C13H17NO2.CH4/c1-2-8-14(9-10-15)13(16)11-12-6-4-3-5-7-12;/h3-7,10H,2,8-9,11H2,1H3;1H4. The highest BCUT2D eigenvalue weighted by atomic mass is 16.2. The third-order valence-corrected chi connectivity index (χ3v) is 2.34.